The van der Waals surface area contributed by atoms with Gasteiger partial charge in [-0.15, -0.1) is 0 Å². The lowest BCUT2D eigenvalue weighted by Crippen LogP contribution is -2.52. The third kappa shape index (κ3) is 6.52. The number of likely N-dealkylation sites (tertiary alicyclic amines) is 1. The zero-order valence-electron chi connectivity index (χ0n) is 30.5. The Morgan fingerprint density at radius 3 is 2.54 bits per heavy atom. The number of aromatic nitrogens is 3. The number of amides is 5. The van der Waals surface area contributed by atoms with Crippen LogP contribution in [0.3, 0.4) is 0 Å². The number of piperidine rings is 2. The number of rotatable bonds is 10. The molecule has 0 spiro atoms. The average Bonchev–Trinajstić information content (AvgIpc) is 3.83. The maximum absolute atomic E-state index is 13.8. The van der Waals surface area contributed by atoms with Crippen LogP contribution in [0.4, 0.5) is 5.69 Å². The molecule has 5 amide bonds. The highest BCUT2D eigenvalue weighted by Gasteiger charge is 2.41. The highest BCUT2D eigenvalue weighted by molar-refractivity contribution is 6.09. The Morgan fingerprint density at radius 2 is 1.78 bits per heavy atom. The molecule has 4 aromatic rings. The van der Waals surface area contributed by atoms with Crippen LogP contribution in [0.25, 0.3) is 5.65 Å². The molecule has 0 bridgehead atoms. The largest absolute Gasteiger partial charge is 0.496 e. The van der Waals surface area contributed by atoms with Gasteiger partial charge < -0.3 is 29.5 Å². The molecule has 15 nitrogen and oxygen atoms in total. The first kappa shape index (κ1) is 35.2. The van der Waals surface area contributed by atoms with Crippen LogP contribution in [0.5, 0.6) is 11.5 Å². The Hall–Kier alpha value is -5.83. The van der Waals surface area contributed by atoms with Crippen LogP contribution in [0.1, 0.15) is 87.3 Å². The van der Waals surface area contributed by atoms with Crippen molar-refractivity contribution in [3.05, 3.63) is 82.3 Å². The van der Waals surface area contributed by atoms with E-state index in [2.05, 4.69) is 25.6 Å². The lowest BCUT2D eigenvalue weighted by molar-refractivity contribution is -0.136. The van der Waals surface area contributed by atoms with E-state index in [4.69, 9.17) is 9.47 Å². The summed E-state index contributed by atoms with van der Waals surface area (Å²) in [5.74, 6) is -0.490. The molecule has 15 heteroatoms. The maximum atomic E-state index is 13.8. The molecule has 8 rings (SSSR count). The molecule has 0 aliphatic carbocycles. The second-order valence-corrected chi connectivity index (χ2v) is 14.6. The number of carbonyl (C=O) groups excluding carboxylic acids is 5. The smallest absolute Gasteiger partial charge is 0.261 e. The molecule has 1 atom stereocenters. The number of benzene rings is 2. The van der Waals surface area contributed by atoms with Gasteiger partial charge in [0.15, 0.2) is 5.65 Å². The molecule has 0 radical (unpaired) electrons. The van der Waals surface area contributed by atoms with E-state index in [1.54, 1.807) is 36.2 Å². The average molecular weight is 735 g/mol. The third-order valence-electron chi connectivity index (χ3n) is 10.8. The van der Waals surface area contributed by atoms with Crippen LogP contribution >= 0.6 is 0 Å². The zero-order chi connectivity index (χ0) is 37.7. The van der Waals surface area contributed by atoms with Gasteiger partial charge in [0, 0.05) is 63.1 Å². The number of nitrogens with one attached hydrogen (secondary N) is 2. The van der Waals surface area contributed by atoms with E-state index in [0.29, 0.717) is 59.0 Å². The quantitative estimate of drug-likeness (QED) is 0.231. The molecule has 6 heterocycles. The van der Waals surface area contributed by atoms with Crippen LogP contribution in [-0.4, -0.2) is 104 Å². The molecule has 280 valence electrons. The molecular weight excluding hydrogens is 692 g/mol. The fraction of sp³-hybridized carbons (Fsp3) is 0.410. The molecule has 2 aromatic heterocycles. The van der Waals surface area contributed by atoms with E-state index >= 15 is 0 Å². The first-order chi connectivity index (χ1) is 26.1. The predicted molar refractivity (Wildman–Crippen MR) is 195 cm³/mol. The monoisotopic (exact) mass is 734 g/mol. The Kier molecular flexibility index (Phi) is 9.26. The lowest BCUT2D eigenvalue weighted by atomic mass is 10.0. The van der Waals surface area contributed by atoms with Crippen LogP contribution in [-0.2, 0) is 29.1 Å². The van der Waals surface area contributed by atoms with E-state index in [-0.39, 0.29) is 42.2 Å². The van der Waals surface area contributed by atoms with Crippen LogP contribution in [0.15, 0.2) is 48.9 Å². The number of nitrogens with zero attached hydrogens (tertiary/aromatic N) is 6. The summed E-state index contributed by atoms with van der Waals surface area (Å²) < 4.78 is 13.3. The van der Waals surface area contributed by atoms with Crippen molar-refractivity contribution in [2.75, 3.05) is 32.1 Å². The Labute approximate surface area is 311 Å². The van der Waals surface area contributed by atoms with Gasteiger partial charge in [-0.25, -0.2) is 9.50 Å². The highest BCUT2D eigenvalue weighted by atomic mass is 16.5. The van der Waals surface area contributed by atoms with E-state index < -0.39 is 11.9 Å². The van der Waals surface area contributed by atoms with Crippen molar-refractivity contribution in [1.29, 1.82) is 0 Å². The number of fused-ring (bicyclic) bond motifs is 3. The summed E-state index contributed by atoms with van der Waals surface area (Å²) in [6, 6.07) is 8.65. The van der Waals surface area contributed by atoms with Gasteiger partial charge in [0.25, 0.3) is 17.7 Å². The van der Waals surface area contributed by atoms with Crippen molar-refractivity contribution in [3.63, 3.8) is 0 Å². The zero-order valence-corrected chi connectivity index (χ0v) is 30.5. The summed E-state index contributed by atoms with van der Waals surface area (Å²) in [5, 5.41) is 9.56. The van der Waals surface area contributed by atoms with Gasteiger partial charge in [0.2, 0.25) is 11.8 Å². The van der Waals surface area contributed by atoms with Crippen LogP contribution in [0, 0.1) is 0 Å². The lowest BCUT2D eigenvalue weighted by Gasteiger charge is -2.36. The number of hydrogen-bond acceptors (Lipinski definition) is 10. The SMILES string of the molecule is COc1cc(CCN2CCC(N3Cc4cc(NC(=O)c5cnn6cccnc56)c(OC(C)C)cc4C3=O)CC2)cc2c1C(=O)N(C1CCC(=O)NC1=O)C2. The fourth-order valence-electron chi connectivity index (χ4n) is 8.07. The molecule has 2 N–H and O–H groups in total. The molecule has 4 aliphatic rings. The molecule has 4 aliphatic heterocycles. The number of hydrogen-bond donors (Lipinski definition) is 2. The molecule has 2 fully saturated rings. The molecule has 2 aromatic carbocycles. The second-order valence-electron chi connectivity index (χ2n) is 14.6. The summed E-state index contributed by atoms with van der Waals surface area (Å²) in [4.78, 5) is 74.9. The van der Waals surface area contributed by atoms with E-state index in [0.717, 1.165) is 55.6 Å². The van der Waals surface area contributed by atoms with Crippen molar-refractivity contribution in [1.82, 2.24) is 34.6 Å². The number of imide groups is 1. The summed E-state index contributed by atoms with van der Waals surface area (Å²) >= 11 is 0. The Balaban J connectivity index is 0.900. The third-order valence-corrected chi connectivity index (χ3v) is 10.8. The summed E-state index contributed by atoms with van der Waals surface area (Å²) in [7, 11) is 1.54. The minimum absolute atomic E-state index is 0.0344. The minimum Gasteiger partial charge on any atom is -0.496 e. The normalized spacial score (nSPS) is 19.1. The summed E-state index contributed by atoms with van der Waals surface area (Å²) in [6.07, 6.45) is 7.53. The van der Waals surface area contributed by atoms with Crippen molar-refractivity contribution < 1.29 is 33.4 Å². The summed E-state index contributed by atoms with van der Waals surface area (Å²) in [5.41, 5.74) is 5.03. The predicted octanol–water partition coefficient (Wildman–Crippen LogP) is 3.20. The highest BCUT2D eigenvalue weighted by Crippen LogP contribution is 2.38. The Bertz CT molecular complexity index is 2190. The second kappa shape index (κ2) is 14.2. The van der Waals surface area contributed by atoms with Gasteiger partial charge in [-0.1, -0.05) is 6.07 Å². The number of ether oxygens (including phenoxy) is 2. The van der Waals surface area contributed by atoms with Crippen molar-refractivity contribution in [2.24, 2.45) is 0 Å². The minimum atomic E-state index is -0.683. The first-order valence-corrected chi connectivity index (χ1v) is 18.4. The molecule has 54 heavy (non-hydrogen) atoms. The summed E-state index contributed by atoms with van der Waals surface area (Å²) in [6.45, 7) is 6.99. The molecule has 2 saturated heterocycles. The first-order valence-electron chi connectivity index (χ1n) is 18.4. The number of methoxy groups -OCH3 is 1. The van der Waals surface area contributed by atoms with Crippen LogP contribution in [0.2, 0.25) is 0 Å². The van der Waals surface area contributed by atoms with E-state index in [9.17, 15) is 24.0 Å². The van der Waals surface area contributed by atoms with Crippen molar-refractivity contribution >= 4 is 40.9 Å². The fourth-order valence-corrected chi connectivity index (χ4v) is 8.07. The van der Waals surface area contributed by atoms with E-state index in [1.165, 1.54) is 11.1 Å². The Morgan fingerprint density at radius 1 is 0.981 bits per heavy atom. The topological polar surface area (TPSA) is 168 Å². The number of carbonyl (C=O) groups is 5. The molecule has 1 unspecified atom stereocenters. The van der Waals surface area contributed by atoms with Crippen molar-refractivity contribution in [2.45, 2.75) is 77.2 Å². The van der Waals surface area contributed by atoms with Crippen LogP contribution < -0.4 is 20.1 Å². The van der Waals surface area contributed by atoms with E-state index in [1.807, 2.05) is 36.9 Å². The van der Waals surface area contributed by atoms with Gasteiger partial charge in [-0.2, -0.15) is 5.10 Å². The number of anilines is 1. The molecule has 0 saturated carbocycles. The van der Waals surface area contributed by atoms with Gasteiger partial charge in [-0.05, 0) is 80.5 Å². The standard InChI is InChI=1S/C39H42N8O7/c1-22(2)54-31-18-27-24(17-29(31)42-36(49)28-19-41-47-11-4-10-40-35(28)47)20-45(38(27)51)26-8-13-44(14-9-26)12-7-23-15-25-21-46(30-5-6-33(48)43-37(30)50)39(52)34(25)32(16-23)53-3/h4,10-11,15-19,22,26,30H,5-9,12-14,20-21H2,1-3H3,(H,42,49)(H,43,48,50). The van der Waals surface area contributed by atoms with Gasteiger partial charge in [0.1, 0.15) is 23.1 Å². The van der Waals surface area contributed by atoms with Crippen molar-refractivity contribution in [3.8, 4) is 11.5 Å². The maximum Gasteiger partial charge on any atom is 0.261 e. The van der Waals surface area contributed by atoms with Gasteiger partial charge in [-0.3, -0.25) is 29.3 Å². The van der Waals surface area contributed by atoms with Gasteiger partial charge >= 0.3 is 0 Å². The molecular formula is C39H42N8O7. The van der Waals surface area contributed by atoms with Gasteiger partial charge in [0.05, 0.1) is 30.7 Å².